The first-order valence-corrected chi connectivity index (χ1v) is 8.68. The molecule has 0 fully saturated rings. The van der Waals surface area contributed by atoms with Crippen molar-refractivity contribution in [2.75, 3.05) is 18.9 Å². The number of nitrogens with two attached hydrogens (primary N) is 1. The summed E-state index contributed by atoms with van der Waals surface area (Å²) in [5.74, 6) is 0.749. The quantitative estimate of drug-likeness (QED) is 0.752. The number of carbonyl (C=O) groups excluding carboxylic acids is 1. The zero-order valence-corrected chi connectivity index (χ0v) is 14.6. The van der Waals surface area contributed by atoms with Gasteiger partial charge in [0.15, 0.2) is 0 Å². The number of benzene rings is 1. The van der Waals surface area contributed by atoms with E-state index >= 15 is 0 Å². The number of esters is 1. The minimum atomic E-state index is -0.362. The molecule has 0 aliphatic carbocycles. The molecular weight excluding hydrogens is 310 g/mol. The van der Waals surface area contributed by atoms with E-state index in [2.05, 4.69) is 6.92 Å². The van der Waals surface area contributed by atoms with Crippen LogP contribution in [-0.4, -0.2) is 19.2 Å². The smallest absolute Gasteiger partial charge is 0.341 e. The molecule has 1 aromatic carbocycles. The van der Waals surface area contributed by atoms with Crippen molar-refractivity contribution in [3.63, 3.8) is 0 Å². The second kappa shape index (κ2) is 8.02. The maximum absolute atomic E-state index is 12.3. The van der Waals surface area contributed by atoms with Crippen molar-refractivity contribution in [1.29, 1.82) is 0 Å². The molecule has 0 amide bonds. The molecule has 1 heterocycles. The normalized spacial score (nSPS) is 10.8. The van der Waals surface area contributed by atoms with Crippen LogP contribution in [0, 0.1) is 5.92 Å². The average Bonchev–Trinajstić information content (AvgIpc) is 2.93. The molecule has 0 atom stereocenters. The fraction of sp³-hybridized carbons (Fsp3) is 0.389. The Kier molecular flexibility index (Phi) is 6.04. The highest BCUT2D eigenvalue weighted by Crippen LogP contribution is 2.35. The molecule has 0 bridgehead atoms. The third kappa shape index (κ3) is 4.48. The number of hydrogen-bond acceptors (Lipinski definition) is 5. The van der Waals surface area contributed by atoms with E-state index in [4.69, 9.17) is 15.2 Å². The predicted molar refractivity (Wildman–Crippen MR) is 95.1 cm³/mol. The molecule has 0 aliphatic heterocycles. The number of rotatable bonds is 7. The molecule has 0 saturated carbocycles. The zero-order chi connectivity index (χ0) is 16.8. The van der Waals surface area contributed by atoms with Gasteiger partial charge >= 0.3 is 5.97 Å². The molecule has 2 N–H and O–H groups in total. The summed E-state index contributed by atoms with van der Waals surface area (Å²) in [4.78, 5) is 12.3. The van der Waals surface area contributed by atoms with Crippen LogP contribution in [0.1, 0.15) is 37.6 Å². The van der Waals surface area contributed by atoms with E-state index < -0.39 is 0 Å². The van der Waals surface area contributed by atoms with Gasteiger partial charge in [-0.25, -0.2) is 4.79 Å². The molecule has 1 aromatic heterocycles. The molecule has 2 rings (SSSR count). The van der Waals surface area contributed by atoms with E-state index in [0.717, 1.165) is 23.3 Å². The van der Waals surface area contributed by atoms with Crippen molar-refractivity contribution in [2.24, 2.45) is 5.92 Å². The van der Waals surface area contributed by atoms with Crippen LogP contribution in [0.5, 0.6) is 5.75 Å². The van der Waals surface area contributed by atoms with Gasteiger partial charge in [-0.2, -0.15) is 0 Å². The summed E-state index contributed by atoms with van der Waals surface area (Å²) in [7, 11) is 0. The standard InChI is InChI=1S/C18H23NO3S/c1-4-9-21-14-7-5-13(6-8-14)15-11-23-17(19)16(15)18(20)22-10-12(2)3/h5-8,11-12H,4,9-10,19H2,1-3H3. The number of carbonyl (C=O) groups is 1. The number of nitrogen functional groups attached to an aromatic ring is 1. The lowest BCUT2D eigenvalue weighted by Gasteiger charge is -2.10. The molecule has 0 aliphatic rings. The first-order valence-electron chi connectivity index (χ1n) is 7.80. The summed E-state index contributed by atoms with van der Waals surface area (Å²) in [6, 6.07) is 7.68. The van der Waals surface area contributed by atoms with E-state index in [1.807, 2.05) is 43.5 Å². The van der Waals surface area contributed by atoms with Crippen LogP contribution in [0.15, 0.2) is 29.6 Å². The van der Waals surface area contributed by atoms with E-state index in [1.165, 1.54) is 11.3 Å². The van der Waals surface area contributed by atoms with Gasteiger partial charge in [-0.1, -0.05) is 32.9 Å². The molecular formula is C18H23NO3S. The number of hydrogen-bond donors (Lipinski definition) is 1. The molecule has 0 spiro atoms. The van der Waals surface area contributed by atoms with Gasteiger partial charge in [0.25, 0.3) is 0 Å². The van der Waals surface area contributed by atoms with Gasteiger partial charge in [0, 0.05) is 10.9 Å². The number of ether oxygens (including phenoxy) is 2. The van der Waals surface area contributed by atoms with Crippen molar-refractivity contribution in [1.82, 2.24) is 0 Å². The van der Waals surface area contributed by atoms with Crippen molar-refractivity contribution in [3.8, 4) is 16.9 Å². The fourth-order valence-corrected chi connectivity index (χ4v) is 2.87. The van der Waals surface area contributed by atoms with E-state index in [9.17, 15) is 4.79 Å². The molecule has 124 valence electrons. The average molecular weight is 333 g/mol. The topological polar surface area (TPSA) is 61.5 Å². The SMILES string of the molecule is CCCOc1ccc(-c2csc(N)c2C(=O)OCC(C)C)cc1. The number of anilines is 1. The van der Waals surface area contributed by atoms with Gasteiger partial charge in [0.05, 0.1) is 13.2 Å². The van der Waals surface area contributed by atoms with Crippen LogP contribution in [0.4, 0.5) is 5.00 Å². The Balaban J connectivity index is 2.21. The van der Waals surface area contributed by atoms with Gasteiger partial charge in [0.2, 0.25) is 0 Å². The Morgan fingerprint density at radius 1 is 1.26 bits per heavy atom. The first kappa shape index (κ1) is 17.3. The Hall–Kier alpha value is -2.01. The first-order chi connectivity index (χ1) is 11.0. The van der Waals surface area contributed by atoms with E-state index in [1.54, 1.807) is 0 Å². The van der Waals surface area contributed by atoms with Crippen LogP contribution in [0.3, 0.4) is 0 Å². The lowest BCUT2D eigenvalue weighted by molar-refractivity contribution is 0.0461. The van der Waals surface area contributed by atoms with Crippen molar-refractivity contribution in [2.45, 2.75) is 27.2 Å². The Labute approximate surface area is 141 Å². The van der Waals surface area contributed by atoms with Crippen molar-refractivity contribution < 1.29 is 14.3 Å². The highest BCUT2D eigenvalue weighted by molar-refractivity contribution is 7.14. The molecule has 5 heteroatoms. The van der Waals surface area contributed by atoms with Crippen LogP contribution in [0.25, 0.3) is 11.1 Å². The maximum atomic E-state index is 12.3. The molecule has 0 saturated heterocycles. The second-order valence-electron chi connectivity index (χ2n) is 5.75. The lowest BCUT2D eigenvalue weighted by atomic mass is 10.0. The molecule has 23 heavy (non-hydrogen) atoms. The van der Waals surface area contributed by atoms with Gasteiger partial charge in [-0.15, -0.1) is 11.3 Å². The lowest BCUT2D eigenvalue weighted by Crippen LogP contribution is -2.11. The molecule has 4 nitrogen and oxygen atoms in total. The Morgan fingerprint density at radius 3 is 2.57 bits per heavy atom. The minimum Gasteiger partial charge on any atom is -0.494 e. The molecule has 2 aromatic rings. The maximum Gasteiger partial charge on any atom is 0.341 e. The van der Waals surface area contributed by atoms with Crippen LogP contribution in [0.2, 0.25) is 0 Å². The van der Waals surface area contributed by atoms with Gasteiger partial charge in [-0.3, -0.25) is 0 Å². The minimum absolute atomic E-state index is 0.289. The van der Waals surface area contributed by atoms with Gasteiger partial charge in [-0.05, 0) is 30.0 Å². The van der Waals surface area contributed by atoms with Crippen LogP contribution < -0.4 is 10.5 Å². The summed E-state index contributed by atoms with van der Waals surface area (Å²) >= 11 is 1.35. The van der Waals surface area contributed by atoms with Gasteiger partial charge in [0.1, 0.15) is 16.3 Å². The summed E-state index contributed by atoms with van der Waals surface area (Å²) in [5, 5.41) is 2.38. The largest absolute Gasteiger partial charge is 0.494 e. The van der Waals surface area contributed by atoms with Crippen molar-refractivity contribution in [3.05, 3.63) is 35.2 Å². The third-order valence-electron chi connectivity index (χ3n) is 3.21. The highest BCUT2D eigenvalue weighted by Gasteiger charge is 2.20. The van der Waals surface area contributed by atoms with E-state index in [-0.39, 0.29) is 11.9 Å². The Morgan fingerprint density at radius 2 is 1.96 bits per heavy atom. The van der Waals surface area contributed by atoms with E-state index in [0.29, 0.717) is 23.8 Å². The van der Waals surface area contributed by atoms with Crippen LogP contribution in [-0.2, 0) is 4.74 Å². The predicted octanol–water partition coefficient (Wildman–Crippen LogP) is 4.60. The molecule has 0 unspecified atom stereocenters. The van der Waals surface area contributed by atoms with Crippen LogP contribution >= 0.6 is 11.3 Å². The summed E-state index contributed by atoms with van der Waals surface area (Å²) in [6.07, 6.45) is 0.967. The number of thiophene rings is 1. The summed E-state index contributed by atoms with van der Waals surface area (Å²) in [6.45, 7) is 7.15. The summed E-state index contributed by atoms with van der Waals surface area (Å²) in [5.41, 5.74) is 8.17. The van der Waals surface area contributed by atoms with Crippen molar-refractivity contribution >= 4 is 22.3 Å². The third-order valence-corrected chi connectivity index (χ3v) is 4.02. The molecule has 0 radical (unpaired) electrons. The summed E-state index contributed by atoms with van der Waals surface area (Å²) < 4.78 is 10.9. The Bertz CT molecular complexity index is 647. The van der Waals surface area contributed by atoms with Gasteiger partial charge < -0.3 is 15.2 Å². The monoisotopic (exact) mass is 333 g/mol. The zero-order valence-electron chi connectivity index (χ0n) is 13.8. The fourth-order valence-electron chi connectivity index (χ4n) is 2.06. The highest BCUT2D eigenvalue weighted by atomic mass is 32.1. The second-order valence-corrected chi connectivity index (χ2v) is 6.67.